The second-order valence-electron chi connectivity index (χ2n) is 2.97. The van der Waals surface area contributed by atoms with Gasteiger partial charge in [-0.15, -0.1) is 11.3 Å². The highest BCUT2D eigenvalue weighted by Gasteiger charge is 2.20. The largest absolute Gasteiger partial charge is 0.287 e. The molecule has 0 radical (unpaired) electrons. The second kappa shape index (κ2) is 5.35. The van der Waals surface area contributed by atoms with Crippen molar-refractivity contribution in [3.63, 3.8) is 0 Å². The van der Waals surface area contributed by atoms with Crippen LogP contribution >= 0.6 is 46.3 Å². The van der Waals surface area contributed by atoms with E-state index in [2.05, 4.69) is 9.97 Å². The molecule has 0 aromatic carbocycles. The molecule has 0 aliphatic carbocycles. The van der Waals surface area contributed by atoms with Gasteiger partial charge in [-0.2, -0.15) is 0 Å². The number of halogens is 2. The summed E-state index contributed by atoms with van der Waals surface area (Å²) in [5, 5.41) is 2.44. The molecular weight excluding hydrogens is 299 g/mol. The molecule has 0 amide bonds. The number of carbonyl (C=O) groups excluding carboxylic acids is 1. The molecule has 7 heteroatoms. The molecule has 2 heterocycles. The van der Waals surface area contributed by atoms with Crippen LogP contribution in [0.3, 0.4) is 0 Å². The quantitative estimate of drug-likeness (QED) is 0.374. The lowest BCUT2D eigenvalue weighted by Crippen LogP contribution is -2.05. The molecule has 0 fully saturated rings. The number of hydrogen-bond donors (Lipinski definition) is 0. The van der Waals surface area contributed by atoms with E-state index in [0.717, 1.165) is 0 Å². The van der Waals surface area contributed by atoms with Gasteiger partial charge in [0.05, 0.1) is 10.4 Å². The Balaban J connectivity index is 2.49. The van der Waals surface area contributed by atoms with Crippen LogP contribution < -0.4 is 0 Å². The van der Waals surface area contributed by atoms with Gasteiger partial charge in [0, 0.05) is 0 Å². The molecule has 88 valence electrons. The maximum Gasteiger partial charge on any atom is 0.209 e. The Bertz CT molecular complexity index is 534. The molecule has 0 N–H and O–H groups in total. The maximum absolute atomic E-state index is 12.1. The first-order valence-corrected chi connectivity index (χ1v) is 7.34. The van der Waals surface area contributed by atoms with Crippen LogP contribution in [0.4, 0.5) is 0 Å². The molecule has 0 bridgehead atoms. The fourth-order valence-corrected chi connectivity index (χ4v) is 2.89. The summed E-state index contributed by atoms with van der Waals surface area (Å²) in [7, 11) is 0. The number of thiophene rings is 1. The number of nitrogens with zero attached hydrogens (tertiary/aromatic N) is 2. The van der Waals surface area contributed by atoms with Gasteiger partial charge in [-0.05, 0) is 17.7 Å². The number of hydrogen-bond acceptors (Lipinski definition) is 5. The van der Waals surface area contributed by atoms with Crippen molar-refractivity contribution in [1.29, 1.82) is 0 Å². The van der Waals surface area contributed by atoms with Crippen LogP contribution in [-0.2, 0) is 0 Å². The molecule has 3 nitrogen and oxygen atoms in total. The minimum atomic E-state index is -0.248. The molecule has 2 aromatic rings. The van der Waals surface area contributed by atoms with Gasteiger partial charge in [0.25, 0.3) is 0 Å². The number of ketones is 1. The van der Waals surface area contributed by atoms with Crippen molar-refractivity contribution in [3.05, 3.63) is 38.3 Å². The smallest absolute Gasteiger partial charge is 0.209 e. The summed E-state index contributed by atoms with van der Waals surface area (Å²) in [6, 6.07) is 3.50. The van der Waals surface area contributed by atoms with Crippen molar-refractivity contribution in [1.82, 2.24) is 9.97 Å². The third kappa shape index (κ3) is 2.63. The lowest BCUT2D eigenvalue weighted by atomic mass is 10.2. The number of rotatable bonds is 3. The Kier molecular flexibility index (Phi) is 4.04. The van der Waals surface area contributed by atoms with Crippen molar-refractivity contribution >= 4 is 52.1 Å². The van der Waals surface area contributed by atoms with E-state index in [9.17, 15) is 4.79 Å². The highest BCUT2D eigenvalue weighted by atomic mass is 35.5. The summed E-state index contributed by atoms with van der Waals surface area (Å²) in [5.41, 5.74) is 0.161. The fraction of sp³-hybridized carbons (Fsp3) is 0.100. The molecule has 0 aliphatic heterocycles. The molecular formula is C10H6Cl2N2OS2. The van der Waals surface area contributed by atoms with Crippen LogP contribution in [0.2, 0.25) is 10.3 Å². The molecule has 0 aliphatic rings. The first-order chi connectivity index (χ1) is 8.13. The fourth-order valence-electron chi connectivity index (χ4n) is 1.20. The summed E-state index contributed by atoms with van der Waals surface area (Å²) in [6.07, 6.45) is 1.81. The van der Waals surface area contributed by atoms with E-state index < -0.39 is 0 Å². The Labute approximate surface area is 116 Å². The molecule has 0 spiro atoms. The Morgan fingerprint density at radius 3 is 2.47 bits per heavy atom. The summed E-state index contributed by atoms with van der Waals surface area (Å²) < 4.78 is 0. The first-order valence-electron chi connectivity index (χ1n) is 4.48. The van der Waals surface area contributed by atoms with Gasteiger partial charge < -0.3 is 0 Å². The summed E-state index contributed by atoms with van der Waals surface area (Å²) in [6.45, 7) is 0. The number of carbonyl (C=O) groups is 1. The van der Waals surface area contributed by atoms with Crippen LogP contribution in [0.15, 0.2) is 22.7 Å². The average molecular weight is 305 g/mol. The molecule has 2 rings (SSSR count). The van der Waals surface area contributed by atoms with E-state index in [-0.39, 0.29) is 21.7 Å². The Morgan fingerprint density at radius 2 is 2.00 bits per heavy atom. The zero-order valence-corrected chi connectivity index (χ0v) is 11.8. The van der Waals surface area contributed by atoms with E-state index >= 15 is 0 Å². The number of thioether (sulfide) groups is 1. The van der Waals surface area contributed by atoms with E-state index in [1.54, 1.807) is 12.1 Å². The van der Waals surface area contributed by atoms with Crippen LogP contribution in [0.1, 0.15) is 15.2 Å². The SMILES string of the molecule is CSc1nc(Cl)c(C(=O)c2cccs2)c(Cl)n1. The molecule has 0 saturated carbocycles. The molecule has 0 saturated heterocycles. The van der Waals surface area contributed by atoms with Crippen LogP contribution in [0.25, 0.3) is 0 Å². The van der Waals surface area contributed by atoms with Gasteiger partial charge in [-0.1, -0.05) is 41.0 Å². The van der Waals surface area contributed by atoms with Crippen LogP contribution in [-0.4, -0.2) is 22.0 Å². The highest BCUT2D eigenvalue weighted by Crippen LogP contribution is 2.27. The van der Waals surface area contributed by atoms with Crippen molar-refractivity contribution in [3.8, 4) is 0 Å². The van der Waals surface area contributed by atoms with Gasteiger partial charge in [0.2, 0.25) is 5.78 Å². The van der Waals surface area contributed by atoms with Gasteiger partial charge in [-0.25, -0.2) is 9.97 Å². The Morgan fingerprint density at radius 1 is 1.35 bits per heavy atom. The minimum absolute atomic E-state index is 0.0905. The first kappa shape index (κ1) is 12.8. The summed E-state index contributed by atoms with van der Waals surface area (Å²) in [4.78, 5) is 20.7. The molecule has 17 heavy (non-hydrogen) atoms. The average Bonchev–Trinajstić information content (AvgIpc) is 2.81. The van der Waals surface area contributed by atoms with Crippen molar-refractivity contribution in [2.24, 2.45) is 0 Å². The standard InChI is InChI=1S/C10H6Cl2N2OS2/c1-16-10-13-8(11)6(9(12)14-10)7(15)5-3-2-4-17-5/h2-4H,1H3. The lowest BCUT2D eigenvalue weighted by Gasteiger charge is -2.04. The van der Waals surface area contributed by atoms with E-state index in [0.29, 0.717) is 10.0 Å². The Hall–Kier alpha value is -0.620. The van der Waals surface area contributed by atoms with Crippen molar-refractivity contribution in [2.75, 3.05) is 6.26 Å². The monoisotopic (exact) mass is 304 g/mol. The molecule has 2 aromatic heterocycles. The summed E-state index contributed by atoms with van der Waals surface area (Å²) in [5.74, 6) is -0.248. The van der Waals surface area contributed by atoms with Gasteiger partial charge in [0.1, 0.15) is 10.3 Å². The lowest BCUT2D eigenvalue weighted by molar-refractivity contribution is 0.104. The maximum atomic E-state index is 12.1. The van der Waals surface area contributed by atoms with Crippen LogP contribution in [0, 0.1) is 0 Å². The predicted octanol–water partition coefficient (Wildman–Crippen LogP) is 3.80. The number of aromatic nitrogens is 2. The van der Waals surface area contributed by atoms with E-state index in [1.165, 1.54) is 23.1 Å². The van der Waals surface area contributed by atoms with Gasteiger partial charge in [0.15, 0.2) is 5.16 Å². The molecule has 0 unspecified atom stereocenters. The zero-order valence-electron chi connectivity index (χ0n) is 8.61. The predicted molar refractivity (Wildman–Crippen MR) is 71.6 cm³/mol. The second-order valence-corrected chi connectivity index (χ2v) is 5.41. The van der Waals surface area contributed by atoms with Gasteiger partial charge in [-0.3, -0.25) is 4.79 Å². The third-order valence-electron chi connectivity index (χ3n) is 1.95. The van der Waals surface area contributed by atoms with Crippen molar-refractivity contribution < 1.29 is 4.79 Å². The van der Waals surface area contributed by atoms with Gasteiger partial charge >= 0.3 is 0 Å². The highest BCUT2D eigenvalue weighted by molar-refractivity contribution is 7.98. The van der Waals surface area contributed by atoms with Crippen LogP contribution in [0.5, 0.6) is 0 Å². The van der Waals surface area contributed by atoms with E-state index in [1.807, 2.05) is 11.6 Å². The van der Waals surface area contributed by atoms with E-state index in [4.69, 9.17) is 23.2 Å². The van der Waals surface area contributed by atoms with Crippen molar-refractivity contribution in [2.45, 2.75) is 5.16 Å². The third-order valence-corrected chi connectivity index (χ3v) is 3.92. The summed E-state index contributed by atoms with van der Waals surface area (Å²) >= 11 is 14.6. The topological polar surface area (TPSA) is 42.9 Å². The minimum Gasteiger partial charge on any atom is -0.287 e. The normalized spacial score (nSPS) is 10.5. The molecule has 0 atom stereocenters. The zero-order chi connectivity index (χ0) is 12.4.